The summed E-state index contributed by atoms with van der Waals surface area (Å²) in [5.41, 5.74) is 5.70. The monoisotopic (exact) mass is 295 g/mol. The lowest BCUT2D eigenvalue weighted by Gasteiger charge is -2.23. The maximum atomic E-state index is 12.1. The summed E-state index contributed by atoms with van der Waals surface area (Å²) in [6, 6.07) is 0.346. The molecular formula is C16H29N3O2. The highest BCUT2D eigenvalue weighted by molar-refractivity contribution is 5.81. The first-order chi connectivity index (χ1) is 10.2. The number of amides is 2. The lowest BCUT2D eigenvalue weighted by Crippen LogP contribution is -2.40. The molecule has 2 aliphatic carbocycles. The smallest absolute Gasteiger partial charge is 0.223 e. The molecule has 21 heavy (non-hydrogen) atoms. The molecule has 0 radical (unpaired) electrons. The minimum Gasteiger partial charge on any atom is -0.355 e. The fraction of sp³-hybridized carbons (Fsp3) is 0.875. The average Bonchev–Trinajstić information content (AvgIpc) is 2.96. The molecule has 2 amide bonds. The first kappa shape index (κ1) is 16.3. The van der Waals surface area contributed by atoms with Gasteiger partial charge in [0, 0.05) is 24.9 Å². The van der Waals surface area contributed by atoms with Gasteiger partial charge in [-0.2, -0.15) is 0 Å². The van der Waals surface area contributed by atoms with Crippen molar-refractivity contribution < 1.29 is 9.59 Å². The third-order valence-electron chi connectivity index (χ3n) is 4.92. The summed E-state index contributed by atoms with van der Waals surface area (Å²) < 4.78 is 0. The predicted molar refractivity (Wildman–Crippen MR) is 82.5 cm³/mol. The second-order valence-corrected chi connectivity index (χ2v) is 6.48. The Morgan fingerprint density at radius 1 is 1.00 bits per heavy atom. The van der Waals surface area contributed by atoms with E-state index in [4.69, 9.17) is 5.73 Å². The number of hydrogen-bond donors (Lipinski definition) is 3. The van der Waals surface area contributed by atoms with Crippen LogP contribution in [0.2, 0.25) is 0 Å². The van der Waals surface area contributed by atoms with Crippen molar-refractivity contribution in [2.45, 2.75) is 63.8 Å². The van der Waals surface area contributed by atoms with E-state index in [1.54, 1.807) is 0 Å². The Morgan fingerprint density at radius 2 is 1.76 bits per heavy atom. The molecule has 2 rings (SSSR count). The van der Waals surface area contributed by atoms with Crippen molar-refractivity contribution >= 4 is 11.8 Å². The van der Waals surface area contributed by atoms with E-state index < -0.39 is 0 Å². The van der Waals surface area contributed by atoms with Crippen LogP contribution < -0.4 is 16.4 Å². The van der Waals surface area contributed by atoms with Crippen molar-refractivity contribution in [3.05, 3.63) is 0 Å². The van der Waals surface area contributed by atoms with Crippen molar-refractivity contribution in [2.24, 2.45) is 17.6 Å². The fourth-order valence-corrected chi connectivity index (χ4v) is 3.64. The van der Waals surface area contributed by atoms with Crippen molar-refractivity contribution in [3.8, 4) is 0 Å². The molecule has 0 aliphatic heterocycles. The number of carbonyl (C=O) groups excluding carboxylic acids is 2. The van der Waals surface area contributed by atoms with E-state index >= 15 is 0 Å². The minimum absolute atomic E-state index is 0.0522. The topological polar surface area (TPSA) is 84.2 Å². The highest BCUT2D eigenvalue weighted by Gasteiger charge is 2.31. The summed E-state index contributed by atoms with van der Waals surface area (Å²) in [6.45, 7) is 1.02. The highest BCUT2D eigenvalue weighted by atomic mass is 16.2. The van der Waals surface area contributed by atoms with Gasteiger partial charge in [0.1, 0.15) is 0 Å². The van der Waals surface area contributed by atoms with Gasteiger partial charge in [-0.05, 0) is 38.1 Å². The van der Waals surface area contributed by atoms with Crippen LogP contribution in [0.3, 0.4) is 0 Å². The van der Waals surface area contributed by atoms with Gasteiger partial charge in [-0.1, -0.05) is 25.7 Å². The molecule has 0 heterocycles. The van der Waals surface area contributed by atoms with E-state index in [0.29, 0.717) is 31.5 Å². The predicted octanol–water partition coefficient (Wildman–Crippen LogP) is 1.32. The SMILES string of the molecule is NC[C@H]1CCC[C@H]1C(=O)NCCC(=O)NC1CCCCC1. The standard InChI is InChI=1S/C16H29N3O2/c17-11-12-5-4-8-14(12)16(21)18-10-9-15(20)19-13-6-2-1-3-7-13/h12-14H,1-11,17H2,(H,18,21)(H,19,20)/t12-,14-/m1/s1. The average molecular weight is 295 g/mol. The Kier molecular flexibility index (Phi) is 6.49. The summed E-state index contributed by atoms with van der Waals surface area (Å²) in [4.78, 5) is 23.9. The van der Waals surface area contributed by atoms with Crippen LogP contribution in [0.5, 0.6) is 0 Å². The summed E-state index contributed by atoms with van der Waals surface area (Å²) >= 11 is 0. The van der Waals surface area contributed by atoms with Crippen LogP contribution in [0, 0.1) is 11.8 Å². The Balaban J connectivity index is 1.61. The number of rotatable bonds is 6. The summed E-state index contributed by atoms with van der Waals surface area (Å²) in [6.07, 6.45) is 9.35. The molecule has 2 saturated carbocycles. The van der Waals surface area contributed by atoms with E-state index in [0.717, 1.165) is 32.1 Å². The van der Waals surface area contributed by atoms with Crippen LogP contribution in [0.15, 0.2) is 0 Å². The molecule has 0 aromatic carbocycles. The lowest BCUT2D eigenvalue weighted by molar-refractivity contribution is -0.126. The molecular weight excluding hydrogens is 266 g/mol. The Hall–Kier alpha value is -1.10. The third-order valence-corrected chi connectivity index (χ3v) is 4.92. The molecule has 5 heteroatoms. The van der Waals surface area contributed by atoms with Gasteiger partial charge in [0.15, 0.2) is 0 Å². The van der Waals surface area contributed by atoms with Crippen molar-refractivity contribution in [1.29, 1.82) is 0 Å². The molecule has 0 saturated heterocycles. The fourth-order valence-electron chi connectivity index (χ4n) is 3.64. The van der Waals surface area contributed by atoms with Crippen LogP contribution in [-0.4, -0.2) is 30.9 Å². The van der Waals surface area contributed by atoms with Gasteiger partial charge in [0.2, 0.25) is 11.8 Å². The van der Waals surface area contributed by atoms with Crippen molar-refractivity contribution in [1.82, 2.24) is 10.6 Å². The summed E-state index contributed by atoms with van der Waals surface area (Å²) in [5, 5.41) is 5.97. The van der Waals surface area contributed by atoms with Gasteiger partial charge >= 0.3 is 0 Å². The van der Waals surface area contributed by atoms with Gasteiger partial charge in [-0.25, -0.2) is 0 Å². The second kappa shape index (κ2) is 8.37. The molecule has 0 aromatic rings. The first-order valence-electron chi connectivity index (χ1n) is 8.48. The van der Waals surface area contributed by atoms with E-state index in [1.807, 2.05) is 0 Å². The summed E-state index contributed by atoms with van der Waals surface area (Å²) in [7, 11) is 0. The van der Waals surface area contributed by atoms with Crippen LogP contribution in [-0.2, 0) is 9.59 Å². The third kappa shape index (κ3) is 4.99. The van der Waals surface area contributed by atoms with Crippen molar-refractivity contribution in [3.63, 3.8) is 0 Å². The van der Waals surface area contributed by atoms with Crippen molar-refractivity contribution in [2.75, 3.05) is 13.1 Å². The molecule has 2 atom stereocenters. The largest absolute Gasteiger partial charge is 0.355 e. The molecule has 0 spiro atoms. The number of carbonyl (C=O) groups is 2. The molecule has 0 bridgehead atoms. The minimum atomic E-state index is 0.0522. The normalized spacial score (nSPS) is 26.5. The van der Waals surface area contributed by atoms with E-state index in [1.165, 1.54) is 19.3 Å². The van der Waals surface area contributed by atoms with E-state index in [-0.39, 0.29) is 17.7 Å². The van der Waals surface area contributed by atoms with Gasteiger partial charge in [0.25, 0.3) is 0 Å². The van der Waals surface area contributed by atoms with E-state index in [2.05, 4.69) is 10.6 Å². The second-order valence-electron chi connectivity index (χ2n) is 6.48. The Morgan fingerprint density at radius 3 is 2.48 bits per heavy atom. The van der Waals surface area contributed by atoms with Crippen LogP contribution in [0.4, 0.5) is 0 Å². The number of hydrogen-bond acceptors (Lipinski definition) is 3. The van der Waals surface area contributed by atoms with Gasteiger partial charge in [-0.15, -0.1) is 0 Å². The van der Waals surface area contributed by atoms with Gasteiger partial charge in [-0.3, -0.25) is 9.59 Å². The van der Waals surface area contributed by atoms with Gasteiger partial charge < -0.3 is 16.4 Å². The molecule has 120 valence electrons. The zero-order valence-corrected chi connectivity index (χ0v) is 12.9. The van der Waals surface area contributed by atoms with E-state index in [9.17, 15) is 9.59 Å². The van der Waals surface area contributed by atoms with Crippen LogP contribution in [0.25, 0.3) is 0 Å². The molecule has 5 nitrogen and oxygen atoms in total. The highest BCUT2D eigenvalue weighted by Crippen LogP contribution is 2.30. The summed E-state index contributed by atoms with van der Waals surface area (Å²) in [5.74, 6) is 0.509. The number of nitrogens with one attached hydrogen (secondary N) is 2. The zero-order chi connectivity index (χ0) is 15.1. The maximum Gasteiger partial charge on any atom is 0.223 e. The lowest BCUT2D eigenvalue weighted by atomic mass is 9.95. The first-order valence-corrected chi connectivity index (χ1v) is 8.48. The zero-order valence-electron chi connectivity index (χ0n) is 12.9. The van der Waals surface area contributed by atoms with Crippen LogP contribution >= 0.6 is 0 Å². The van der Waals surface area contributed by atoms with Gasteiger partial charge in [0.05, 0.1) is 0 Å². The molecule has 0 aromatic heterocycles. The van der Waals surface area contributed by atoms with Crippen LogP contribution in [0.1, 0.15) is 57.8 Å². The molecule has 2 fully saturated rings. The number of nitrogens with two attached hydrogens (primary N) is 1. The Labute approximate surface area is 127 Å². The maximum absolute atomic E-state index is 12.1. The molecule has 4 N–H and O–H groups in total. The Bertz CT molecular complexity index is 353. The molecule has 2 aliphatic rings. The quantitative estimate of drug-likeness (QED) is 0.691. The molecule has 0 unspecified atom stereocenters.